The molecule has 0 fully saturated rings. The van der Waals surface area contributed by atoms with E-state index in [2.05, 4.69) is 0 Å². The normalized spacial score (nSPS) is 26.5. The zero-order valence-electron chi connectivity index (χ0n) is 6.66. The van der Waals surface area contributed by atoms with E-state index in [0.29, 0.717) is 0 Å². The molecule has 12 heavy (non-hydrogen) atoms. The molecule has 0 aromatic heterocycles. The lowest BCUT2D eigenvalue weighted by Gasteiger charge is -2.17. The first-order valence-electron chi connectivity index (χ1n) is 3.91. The van der Waals surface area contributed by atoms with Gasteiger partial charge in [-0.25, -0.2) is 0 Å². The molecule has 64 valence electrons. The van der Waals surface area contributed by atoms with E-state index in [1.165, 1.54) is 0 Å². The standard InChI is InChI=1S/C9H11NO2/c10-5-9(11)6-12-8-4-2-1-3-7(8)9/h1-4,11H,5-6,10H2. The van der Waals surface area contributed by atoms with Crippen molar-refractivity contribution in [2.75, 3.05) is 13.2 Å². The molecule has 3 N–H and O–H groups in total. The van der Waals surface area contributed by atoms with E-state index in [-0.39, 0.29) is 13.2 Å². The van der Waals surface area contributed by atoms with Gasteiger partial charge < -0.3 is 15.6 Å². The number of fused-ring (bicyclic) bond motifs is 1. The summed E-state index contributed by atoms with van der Waals surface area (Å²) >= 11 is 0. The van der Waals surface area contributed by atoms with E-state index < -0.39 is 5.60 Å². The fraction of sp³-hybridized carbons (Fsp3) is 0.333. The predicted octanol–water partition coefficient (Wildman–Crippen LogP) is 0.225. The van der Waals surface area contributed by atoms with E-state index >= 15 is 0 Å². The van der Waals surface area contributed by atoms with Crippen molar-refractivity contribution in [3.8, 4) is 5.75 Å². The Balaban J connectivity index is 2.49. The molecule has 1 aromatic rings. The molecule has 1 atom stereocenters. The van der Waals surface area contributed by atoms with E-state index in [1.807, 2.05) is 24.3 Å². The lowest BCUT2D eigenvalue weighted by molar-refractivity contribution is 0.0251. The van der Waals surface area contributed by atoms with Crippen LogP contribution in [0.15, 0.2) is 24.3 Å². The van der Waals surface area contributed by atoms with E-state index in [0.717, 1.165) is 11.3 Å². The summed E-state index contributed by atoms with van der Waals surface area (Å²) in [5, 5.41) is 9.90. The molecule has 1 unspecified atom stereocenters. The quantitative estimate of drug-likeness (QED) is 0.626. The Hall–Kier alpha value is -1.06. The Kier molecular flexibility index (Phi) is 1.56. The Bertz CT molecular complexity index is 300. The summed E-state index contributed by atoms with van der Waals surface area (Å²) in [7, 11) is 0. The van der Waals surface area contributed by atoms with Crippen LogP contribution < -0.4 is 10.5 Å². The van der Waals surface area contributed by atoms with Crippen molar-refractivity contribution >= 4 is 0 Å². The number of rotatable bonds is 1. The number of benzene rings is 1. The van der Waals surface area contributed by atoms with Gasteiger partial charge in [-0.3, -0.25) is 0 Å². The molecule has 1 aromatic carbocycles. The number of nitrogens with two attached hydrogens (primary N) is 1. The minimum Gasteiger partial charge on any atom is -0.490 e. The second-order valence-corrected chi connectivity index (χ2v) is 3.02. The maximum atomic E-state index is 9.90. The summed E-state index contributed by atoms with van der Waals surface area (Å²) in [4.78, 5) is 0. The highest BCUT2D eigenvalue weighted by Gasteiger charge is 2.36. The molecule has 1 heterocycles. The molecular weight excluding hydrogens is 154 g/mol. The molecule has 0 amide bonds. The molecule has 3 heteroatoms. The van der Waals surface area contributed by atoms with Crippen LogP contribution in [-0.2, 0) is 5.60 Å². The van der Waals surface area contributed by atoms with Crippen molar-refractivity contribution in [3.63, 3.8) is 0 Å². The van der Waals surface area contributed by atoms with Gasteiger partial charge in [-0.2, -0.15) is 0 Å². The molecule has 0 spiro atoms. The van der Waals surface area contributed by atoms with Crippen molar-refractivity contribution in [2.24, 2.45) is 5.73 Å². The Morgan fingerprint density at radius 2 is 2.25 bits per heavy atom. The van der Waals surface area contributed by atoms with E-state index in [9.17, 15) is 5.11 Å². The van der Waals surface area contributed by atoms with Gasteiger partial charge in [0.1, 0.15) is 18.0 Å². The Labute approximate surface area is 70.8 Å². The third-order valence-corrected chi connectivity index (χ3v) is 2.19. The molecule has 3 nitrogen and oxygen atoms in total. The molecule has 0 radical (unpaired) electrons. The van der Waals surface area contributed by atoms with Crippen LogP contribution in [0.2, 0.25) is 0 Å². The average molecular weight is 165 g/mol. The van der Waals surface area contributed by atoms with Crippen LogP contribution in [0.5, 0.6) is 5.75 Å². The second-order valence-electron chi connectivity index (χ2n) is 3.02. The monoisotopic (exact) mass is 165 g/mol. The van der Waals surface area contributed by atoms with Crippen molar-refractivity contribution in [3.05, 3.63) is 29.8 Å². The molecular formula is C9H11NO2. The number of para-hydroxylation sites is 1. The summed E-state index contributed by atoms with van der Waals surface area (Å²) in [5.74, 6) is 0.741. The van der Waals surface area contributed by atoms with Crippen LogP contribution in [0.3, 0.4) is 0 Å². The highest BCUT2D eigenvalue weighted by molar-refractivity contribution is 5.41. The van der Waals surface area contributed by atoms with Gasteiger partial charge in [0, 0.05) is 12.1 Å². The molecule has 1 aliphatic rings. The van der Waals surface area contributed by atoms with Crippen molar-refractivity contribution in [1.29, 1.82) is 0 Å². The smallest absolute Gasteiger partial charge is 0.139 e. The lowest BCUT2D eigenvalue weighted by Crippen LogP contribution is -2.36. The van der Waals surface area contributed by atoms with Crippen LogP contribution in [-0.4, -0.2) is 18.3 Å². The fourth-order valence-corrected chi connectivity index (χ4v) is 1.42. The first-order valence-corrected chi connectivity index (χ1v) is 3.91. The van der Waals surface area contributed by atoms with Gasteiger partial charge in [-0.1, -0.05) is 18.2 Å². The highest BCUT2D eigenvalue weighted by atomic mass is 16.5. The number of hydrogen-bond donors (Lipinski definition) is 2. The highest BCUT2D eigenvalue weighted by Crippen LogP contribution is 2.35. The third-order valence-electron chi connectivity index (χ3n) is 2.19. The SMILES string of the molecule is NCC1(O)COc2ccccc21. The maximum Gasteiger partial charge on any atom is 0.139 e. The van der Waals surface area contributed by atoms with Crippen LogP contribution in [0.4, 0.5) is 0 Å². The van der Waals surface area contributed by atoms with Gasteiger partial charge in [0.05, 0.1) is 0 Å². The van der Waals surface area contributed by atoms with Gasteiger partial charge in [0.15, 0.2) is 0 Å². The molecule has 0 bridgehead atoms. The zero-order chi connectivity index (χ0) is 8.60. The Morgan fingerprint density at radius 3 is 3.00 bits per heavy atom. The van der Waals surface area contributed by atoms with Gasteiger partial charge in [0.2, 0.25) is 0 Å². The first-order chi connectivity index (χ1) is 5.76. The van der Waals surface area contributed by atoms with Crippen molar-refractivity contribution < 1.29 is 9.84 Å². The maximum absolute atomic E-state index is 9.90. The topological polar surface area (TPSA) is 55.5 Å². The summed E-state index contributed by atoms with van der Waals surface area (Å²) < 4.78 is 5.27. The van der Waals surface area contributed by atoms with Crippen LogP contribution in [0, 0.1) is 0 Å². The van der Waals surface area contributed by atoms with Gasteiger partial charge in [-0.05, 0) is 6.07 Å². The van der Waals surface area contributed by atoms with Gasteiger partial charge in [0.25, 0.3) is 0 Å². The molecule has 0 saturated carbocycles. The lowest BCUT2D eigenvalue weighted by atomic mass is 9.97. The van der Waals surface area contributed by atoms with Gasteiger partial charge >= 0.3 is 0 Å². The number of hydrogen-bond acceptors (Lipinski definition) is 3. The van der Waals surface area contributed by atoms with E-state index in [4.69, 9.17) is 10.5 Å². The largest absolute Gasteiger partial charge is 0.490 e. The van der Waals surface area contributed by atoms with Crippen molar-refractivity contribution in [1.82, 2.24) is 0 Å². The summed E-state index contributed by atoms with van der Waals surface area (Å²) in [6.07, 6.45) is 0. The fourth-order valence-electron chi connectivity index (χ4n) is 1.42. The summed E-state index contributed by atoms with van der Waals surface area (Å²) in [5.41, 5.74) is 5.28. The number of aliphatic hydroxyl groups is 1. The minimum absolute atomic E-state index is 0.198. The van der Waals surface area contributed by atoms with Crippen LogP contribution >= 0.6 is 0 Å². The third kappa shape index (κ3) is 0.906. The first kappa shape index (κ1) is 7.58. The summed E-state index contributed by atoms with van der Waals surface area (Å²) in [6.45, 7) is 0.465. The number of ether oxygens (including phenoxy) is 1. The molecule has 1 aliphatic heterocycles. The van der Waals surface area contributed by atoms with Crippen LogP contribution in [0.1, 0.15) is 5.56 Å². The second kappa shape index (κ2) is 2.47. The Morgan fingerprint density at radius 1 is 1.50 bits per heavy atom. The minimum atomic E-state index is -0.976. The summed E-state index contributed by atoms with van der Waals surface area (Å²) in [6, 6.07) is 7.42. The van der Waals surface area contributed by atoms with Gasteiger partial charge in [-0.15, -0.1) is 0 Å². The predicted molar refractivity (Wildman–Crippen MR) is 44.9 cm³/mol. The van der Waals surface area contributed by atoms with E-state index in [1.54, 1.807) is 0 Å². The molecule has 2 rings (SSSR count). The zero-order valence-corrected chi connectivity index (χ0v) is 6.66. The molecule has 0 saturated heterocycles. The average Bonchev–Trinajstić information content (AvgIpc) is 2.46. The van der Waals surface area contributed by atoms with Crippen molar-refractivity contribution in [2.45, 2.75) is 5.60 Å². The van der Waals surface area contributed by atoms with Crippen LogP contribution in [0.25, 0.3) is 0 Å². The molecule has 0 aliphatic carbocycles.